The third kappa shape index (κ3) is 4.09. The van der Waals surface area contributed by atoms with Crippen molar-refractivity contribution < 1.29 is 19.4 Å². The molecule has 2 rings (SSSR count). The Bertz CT molecular complexity index is 762. The number of nitrogens with one attached hydrogen (secondary N) is 1. The normalized spacial score (nSPS) is 11.2. The van der Waals surface area contributed by atoms with Crippen molar-refractivity contribution >= 4 is 17.7 Å². The summed E-state index contributed by atoms with van der Waals surface area (Å²) in [6.45, 7) is 7.16. The number of hydrogen-bond acceptors (Lipinski definition) is 5. The van der Waals surface area contributed by atoms with Crippen LogP contribution >= 0.6 is 0 Å². The average Bonchev–Trinajstić information content (AvgIpc) is 2.89. The van der Waals surface area contributed by atoms with Crippen molar-refractivity contribution in [3.8, 4) is 5.69 Å². The highest BCUT2D eigenvalue weighted by atomic mass is 16.6. The highest BCUT2D eigenvalue weighted by molar-refractivity contribution is 5.87. The van der Waals surface area contributed by atoms with E-state index >= 15 is 0 Å². The molecule has 2 aromatic rings. The number of hydrogen-bond donors (Lipinski definition) is 2. The van der Waals surface area contributed by atoms with Gasteiger partial charge in [0.05, 0.1) is 11.4 Å². The molecule has 0 unspecified atom stereocenters. The summed E-state index contributed by atoms with van der Waals surface area (Å²) in [5, 5.41) is 19.4. The Morgan fingerprint density at radius 2 is 2.04 bits per heavy atom. The van der Waals surface area contributed by atoms with Crippen LogP contribution in [0.3, 0.4) is 0 Å². The highest BCUT2D eigenvalue weighted by Crippen LogP contribution is 2.19. The molecule has 1 aromatic carbocycles. The van der Waals surface area contributed by atoms with Gasteiger partial charge in [0.1, 0.15) is 5.60 Å². The van der Waals surface area contributed by atoms with Crippen LogP contribution in [0, 0.1) is 0 Å². The molecule has 1 aromatic heterocycles. The maximum Gasteiger partial charge on any atom is 0.412 e. The molecule has 0 saturated carbocycles. The van der Waals surface area contributed by atoms with Crippen LogP contribution in [-0.4, -0.2) is 37.8 Å². The van der Waals surface area contributed by atoms with Crippen molar-refractivity contribution in [2.45, 2.75) is 39.7 Å². The van der Waals surface area contributed by atoms with Gasteiger partial charge in [0, 0.05) is 5.69 Å². The van der Waals surface area contributed by atoms with Gasteiger partial charge in [-0.05, 0) is 45.4 Å². The Labute approximate surface area is 139 Å². The van der Waals surface area contributed by atoms with Crippen molar-refractivity contribution in [3.05, 3.63) is 35.7 Å². The second-order valence-corrected chi connectivity index (χ2v) is 6.13. The summed E-state index contributed by atoms with van der Waals surface area (Å²) in [4.78, 5) is 23.0. The summed E-state index contributed by atoms with van der Waals surface area (Å²) in [6, 6.07) is 6.85. The topological polar surface area (TPSA) is 106 Å². The summed E-state index contributed by atoms with van der Waals surface area (Å²) in [6.07, 6.45) is -0.113. The molecule has 1 amide bonds. The number of ether oxygens (including phenoxy) is 1. The molecule has 0 fully saturated rings. The lowest BCUT2D eigenvalue weighted by atomic mass is 10.2. The molecule has 0 aliphatic carbocycles. The summed E-state index contributed by atoms with van der Waals surface area (Å²) in [5.41, 5.74) is 0.913. The molecule has 24 heavy (non-hydrogen) atoms. The molecule has 0 aliphatic rings. The molecular weight excluding hydrogens is 312 g/mol. The van der Waals surface area contributed by atoms with Crippen LogP contribution < -0.4 is 5.32 Å². The maximum atomic E-state index is 11.8. The molecule has 0 spiro atoms. The maximum absolute atomic E-state index is 11.8. The van der Waals surface area contributed by atoms with Crippen LogP contribution in [0.2, 0.25) is 0 Å². The van der Waals surface area contributed by atoms with Crippen molar-refractivity contribution in [1.82, 2.24) is 15.0 Å². The van der Waals surface area contributed by atoms with Crippen molar-refractivity contribution in [2.24, 2.45) is 0 Å². The SMILES string of the molecule is CCc1c(C(=O)O)nnn1-c1cccc(NC(=O)OC(C)(C)C)c1. The zero-order chi connectivity index (χ0) is 17.9. The van der Waals surface area contributed by atoms with E-state index in [2.05, 4.69) is 15.6 Å². The largest absolute Gasteiger partial charge is 0.476 e. The van der Waals surface area contributed by atoms with Gasteiger partial charge in [-0.15, -0.1) is 5.10 Å². The van der Waals surface area contributed by atoms with E-state index in [-0.39, 0.29) is 5.69 Å². The first-order valence-corrected chi connectivity index (χ1v) is 7.49. The van der Waals surface area contributed by atoms with Gasteiger partial charge in [0.25, 0.3) is 0 Å². The van der Waals surface area contributed by atoms with Crippen LogP contribution in [0.4, 0.5) is 10.5 Å². The van der Waals surface area contributed by atoms with E-state index in [0.29, 0.717) is 23.5 Å². The van der Waals surface area contributed by atoms with Gasteiger partial charge >= 0.3 is 12.1 Å². The van der Waals surface area contributed by atoms with E-state index in [0.717, 1.165) is 0 Å². The number of aromatic nitrogens is 3. The van der Waals surface area contributed by atoms with E-state index in [1.807, 2.05) is 6.92 Å². The Kier molecular flexibility index (Phi) is 4.87. The molecule has 2 N–H and O–H groups in total. The third-order valence-corrected chi connectivity index (χ3v) is 3.04. The van der Waals surface area contributed by atoms with Gasteiger partial charge in [-0.2, -0.15) is 0 Å². The number of carbonyl (C=O) groups excluding carboxylic acids is 1. The van der Waals surface area contributed by atoms with Crippen molar-refractivity contribution in [2.75, 3.05) is 5.32 Å². The standard InChI is InChI=1S/C16H20N4O4/c1-5-12-13(14(21)22)18-19-20(12)11-8-6-7-10(9-11)17-15(23)24-16(2,3)4/h6-9H,5H2,1-4H3,(H,17,23)(H,21,22). The number of nitrogens with zero attached hydrogens (tertiary/aromatic N) is 3. The van der Waals surface area contributed by atoms with Crippen LogP contribution in [0.15, 0.2) is 24.3 Å². The van der Waals surface area contributed by atoms with E-state index in [9.17, 15) is 9.59 Å². The Morgan fingerprint density at radius 1 is 1.33 bits per heavy atom. The van der Waals surface area contributed by atoms with Crippen LogP contribution in [0.1, 0.15) is 43.9 Å². The van der Waals surface area contributed by atoms with Gasteiger partial charge < -0.3 is 9.84 Å². The summed E-state index contributed by atoms with van der Waals surface area (Å²) >= 11 is 0. The van der Waals surface area contributed by atoms with Gasteiger partial charge in [-0.1, -0.05) is 18.2 Å². The fourth-order valence-corrected chi connectivity index (χ4v) is 2.13. The first-order chi connectivity index (χ1) is 11.2. The Morgan fingerprint density at radius 3 is 2.62 bits per heavy atom. The number of benzene rings is 1. The highest BCUT2D eigenvalue weighted by Gasteiger charge is 2.19. The minimum atomic E-state index is -1.12. The van der Waals surface area contributed by atoms with Gasteiger partial charge in [0.15, 0.2) is 5.69 Å². The second kappa shape index (κ2) is 6.69. The molecule has 0 bridgehead atoms. The quantitative estimate of drug-likeness (QED) is 0.891. The molecule has 0 saturated heterocycles. The second-order valence-electron chi connectivity index (χ2n) is 6.13. The van der Waals surface area contributed by atoms with Crippen molar-refractivity contribution in [1.29, 1.82) is 0 Å². The lowest BCUT2D eigenvalue weighted by molar-refractivity contribution is 0.0634. The lowest BCUT2D eigenvalue weighted by Crippen LogP contribution is -2.27. The molecular formula is C16H20N4O4. The van der Waals surface area contributed by atoms with Gasteiger partial charge in [-0.3, -0.25) is 5.32 Å². The van der Waals surface area contributed by atoms with Gasteiger partial charge in [0.2, 0.25) is 0 Å². The summed E-state index contributed by atoms with van der Waals surface area (Å²) in [7, 11) is 0. The molecule has 1 heterocycles. The van der Waals surface area contributed by atoms with Crippen molar-refractivity contribution in [3.63, 3.8) is 0 Å². The van der Waals surface area contributed by atoms with E-state index in [1.54, 1.807) is 45.0 Å². The molecule has 0 aliphatic heterocycles. The molecule has 8 heteroatoms. The lowest BCUT2D eigenvalue weighted by Gasteiger charge is -2.19. The van der Waals surface area contributed by atoms with Gasteiger partial charge in [-0.25, -0.2) is 14.3 Å². The first-order valence-electron chi connectivity index (χ1n) is 7.49. The molecule has 128 valence electrons. The number of carbonyl (C=O) groups is 2. The number of aromatic carboxylic acids is 1. The zero-order valence-corrected chi connectivity index (χ0v) is 14.0. The van der Waals surface area contributed by atoms with E-state index < -0.39 is 17.7 Å². The number of amides is 1. The van der Waals surface area contributed by atoms with Crippen LogP contribution in [-0.2, 0) is 11.2 Å². The molecule has 0 atom stereocenters. The van der Waals surface area contributed by atoms with E-state index in [4.69, 9.17) is 9.84 Å². The van der Waals surface area contributed by atoms with E-state index in [1.165, 1.54) is 4.68 Å². The minimum absolute atomic E-state index is 0.0806. The number of carboxylic acids is 1. The average molecular weight is 332 g/mol. The predicted molar refractivity (Wildman–Crippen MR) is 87.6 cm³/mol. The number of rotatable bonds is 4. The molecule has 0 radical (unpaired) electrons. The smallest absolute Gasteiger partial charge is 0.412 e. The fraction of sp³-hybridized carbons (Fsp3) is 0.375. The monoisotopic (exact) mass is 332 g/mol. The van der Waals surface area contributed by atoms with Crippen LogP contribution in [0.25, 0.3) is 5.69 Å². The first kappa shape index (κ1) is 17.5. The Hall–Kier alpha value is -2.90. The Balaban J connectivity index is 2.28. The van der Waals surface area contributed by atoms with Crippen LogP contribution in [0.5, 0.6) is 0 Å². The molecule has 8 nitrogen and oxygen atoms in total. The fourth-order valence-electron chi connectivity index (χ4n) is 2.13. The zero-order valence-electron chi connectivity index (χ0n) is 14.0. The number of carboxylic acid groups (broad SMARTS) is 1. The number of anilines is 1. The summed E-state index contributed by atoms with van der Waals surface area (Å²) < 4.78 is 6.65. The predicted octanol–water partition coefficient (Wildman–Crippen LogP) is 2.87. The minimum Gasteiger partial charge on any atom is -0.476 e. The third-order valence-electron chi connectivity index (χ3n) is 3.04. The summed E-state index contributed by atoms with van der Waals surface area (Å²) in [5.74, 6) is -1.12.